The van der Waals surface area contributed by atoms with Crippen LogP contribution in [0.15, 0.2) is 28.7 Å². The maximum absolute atomic E-state index is 12.4. The van der Waals surface area contributed by atoms with Crippen LogP contribution in [0, 0.1) is 0 Å². The van der Waals surface area contributed by atoms with Crippen molar-refractivity contribution in [2.45, 2.75) is 0 Å². The van der Waals surface area contributed by atoms with Crippen LogP contribution >= 0.6 is 15.9 Å². The van der Waals surface area contributed by atoms with E-state index in [1.807, 2.05) is 18.2 Å². The molecule has 0 saturated carbocycles. The Bertz CT molecular complexity index is 376. The summed E-state index contributed by atoms with van der Waals surface area (Å²) in [6.07, 6.45) is 0. The summed E-state index contributed by atoms with van der Waals surface area (Å²) in [6.45, 7) is 2.14. The van der Waals surface area contributed by atoms with Crippen LogP contribution in [-0.2, 0) is 9.47 Å². The Morgan fingerprint density at radius 2 is 1.72 bits per heavy atom. The van der Waals surface area contributed by atoms with Gasteiger partial charge in [0.05, 0.1) is 18.8 Å². The number of amides is 1. The van der Waals surface area contributed by atoms with Gasteiger partial charge in [0.25, 0.3) is 5.91 Å². The molecule has 1 aromatic rings. The number of carbonyl (C=O) groups is 1. The van der Waals surface area contributed by atoms with Gasteiger partial charge in [0, 0.05) is 31.8 Å². The third-order valence-electron chi connectivity index (χ3n) is 2.52. The summed E-state index contributed by atoms with van der Waals surface area (Å²) in [7, 11) is 3.24. The first-order valence-corrected chi connectivity index (χ1v) is 6.51. The number of hydrogen-bond donors (Lipinski definition) is 0. The molecule has 0 aliphatic heterocycles. The fraction of sp³-hybridized carbons (Fsp3) is 0.462. The molecule has 0 bridgehead atoms. The minimum Gasteiger partial charge on any atom is -0.383 e. The van der Waals surface area contributed by atoms with E-state index in [1.165, 1.54) is 0 Å². The van der Waals surface area contributed by atoms with E-state index >= 15 is 0 Å². The van der Waals surface area contributed by atoms with E-state index in [1.54, 1.807) is 25.2 Å². The molecule has 100 valence electrons. The zero-order valence-electron chi connectivity index (χ0n) is 10.7. The lowest BCUT2D eigenvalue weighted by Gasteiger charge is -2.22. The van der Waals surface area contributed by atoms with Gasteiger partial charge >= 0.3 is 0 Å². The zero-order valence-corrected chi connectivity index (χ0v) is 12.3. The number of nitrogens with zero attached hydrogens (tertiary/aromatic N) is 1. The van der Waals surface area contributed by atoms with Gasteiger partial charge < -0.3 is 14.4 Å². The van der Waals surface area contributed by atoms with Crippen LogP contribution in [0.2, 0.25) is 0 Å². The molecule has 0 N–H and O–H groups in total. The molecule has 0 aliphatic carbocycles. The topological polar surface area (TPSA) is 38.8 Å². The number of hydrogen-bond acceptors (Lipinski definition) is 3. The van der Waals surface area contributed by atoms with E-state index < -0.39 is 0 Å². The van der Waals surface area contributed by atoms with Gasteiger partial charge in [-0.3, -0.25) is 4.79 Å². The molecule has 18 heavy (non-hydrogen) atoms. The quantitative estimate of drug-likeness (QED) is 0.774. The van der Waals surface area contributed by atoms with Crippen LogP contribution in [-0.4, -0.2) is 51.3 Å². The lowest BCUT2D eigenvalue weighted by atomic mass is 10.2. The third kappa shape index (κ3) is 4.40. The van der Waals surface area contributed by atoms with Crippen LogP contribution < -0.4 is 0 Å². The van der Waals surface area contributed by atoms with Crippen LogP contribution in [0.25, 0.3) is 0 Å². The van der Waals surface area contributed by atoms with Gasteiger partial charge in [0.15, 0.2) is 0 Å². The molecule has 0 aliphatic rings. The first kappa shape index (κ1) is 15.1. The average molecular weight is 316 g/mol. The van der Waals surface area contributed by atoms with Gasteiger partial charge in [-0.25, -0.2) is 0 Å². The monoisotopic (exact) mass is 315 g/mol. The second-order valence-corrected chi connectivity index (χ2v) is 4.61. The van der Waals surface area contributed by atoms with Crippen LogP contribution in [0.1, 0.15) is 10.4 Å². The number of carbonyl (C=O) groups excluding carboxylic acids is 1. The van der Waals surface area contributed by atoms with E-state index in [0.29, 0.717) is 31.9 Å². The van der Waals surface area contributed by atoms with Crippen molar-refractivity contribution in [3.8, 4) is 0 Å². The molecule has 0 atom stereocenters. The zero-order chi connectivity index (χ0) is 13.4. The molecule has 0 saturated heterocycles. The van der Waals surface area contributed by atoms with Crippen molar-refractivity contribution in [1.29, 1.82) is 0 Å². The van der Waals surface area contributed by atoms with Crippen LogP contribution in [0.5, 0.6) is 0 Å². The maximum atomic E-state index is 12.4. The first-order chi connectivity index (χ1) is 8.70. The molecule has 0 heterocycles. The van der Waals surface area contributed by atoms with E-state index in [9.17, 15) is 4.79 Å². The molecule has 0 spiro atoms. The Morgan fingerprint density at radius 1 is 1.17 bits per heavy atom. The van der Waals surface area contributed by atoms with E-state index in [4.69, 9.17) is 9.47 Å². The Labute approximate surface area is 116 Å². The molecule has 0 fully saturated rings. The molecule has 4 nitrogen and oxygen atoms in total. The molecule has 0 radical (unpaired) electrons. The predicted molar refractivity (Wildman–Crippen MR) is 73.8 cm³/mol. The molecule has 1 amide bonds. The van der Waals surface area contributed by atoms with Crippen molar-refractivity contribution in [2.75, 3.05) is 40.5 Å². The molecular weight excluding hydrogens is 298 g/mol. The summed E-state index contributed by atoms with van der Waals surface area (Å²) in [6, 6.07) is 7.40. The van der Waals surface area contributed by atoms with E-state index in [2.05, 4.69) is 15.9 Å². The Morgan fingerprint density at radius 3 is 2.22 bits per heavy atom. The highest BCUT2D eigenvalue weighted by Gasteiger charge is 2.17. The highest BCUT2D eigenvalue weighted by Crippen LogP contribution is 2.17. The lowest BCUT2D eigenvalue weighted by Crippen LogP contribution is -2.36. The molecule has 0 unspecified atom stereocenters. The summed E-state index contributed by atoms with van der Waals surface area (Å²) in [5.41, 5.74) is 0.657. The van der Waals surface area contributed by atoms with Gasteiger partial charge in [0.1, 0.15) is 0 Å². The third-order valence-corrected chi connectivity index (χ3v) is 3.21. The average Bonchev–Trinajstić information content (AvgIpc) is 2.39. The smallest absolute Gasteiger partial charge is 0.255 e. The molecular formula is C13H18BrNO3. The van der Waals surface area contributed by atoms with Crippen molar-refractivity contribution >= 4 is 21.8 Å². The van der Waals surface area contributed by atoms with Gasteiger partial charge in [0.2, 0.25) is 0 Å². The largest absolute Gasteiger partial charge is 0.383 e. The normalized spacial score (nSPS) is 10.4. The lowest BCUT2D eigenvalue weighted by molar-refractivity contribution is 0.0626. The molecule has 1 aromatic carbocycles. The summed E-state index contributed by atoms with van der Waals surface area (Å²) in [5, 5.41) is 0. The minimum atomic E-state index is -0.0171. The fourth-order valence-electron chi connectivity index (χ4n) is 1.52. The molecule has 1 rings (SSSR count). The van der Waals surface area contributed by atoms with Crippen molar-refractivity contribution in [3.63, 3.8) is 0 Å². The summed E-state index contributed by atoms with van der Waals surface area (Å²) in [4.78, 5) is 14.1. The van der Waals surface area contributed by atoms with Gasteiger partial charge in [-0.1, -0.05) is 12.1 Å². The van der Waals surface area contributed by atoms with Gasteiger partial charge in [-0.2, -0.15) is 0 Å². The number of ether oxygens (including phenoxy) is 2. The van der Waals surface area contributed by atoms with E-state index in [-0.39, 0.29) is 5.91 Å². The highest BCUT2D eigenvalue weighted by atomic mass is 79.9. The SMILES string of the molecule is COCCN(CCOC)C(=O)c1ccccc1Br. The Kier molecular flexibility index (Phi) is 6.93. The number of methoxy groups -OCH3 is 2. The van der Waals surface area contributed by atoms with Crippen molar-refractivity contribution < 1.29 is 14.3 Å². The van der Waals surface area contributed by atoms with Crippen LogP contribution in [0.3, 0.4) is 0 Å². The fourth-order valence-corrected chi connectivity index (χ4v) is 1.98. The molecule has 5 heteroatoms. The number of halogens is 1. The first-order valence-electron chi connectivity index (χ1n) is 5.72. The van der Waals surface area contributed by atoms with Crippen molar-refractivity contribution in [3.05, 3.63) is 34.3 Å². The minimum absolute atomic E-state index is 0.0171. The highest BCUT2D eigenvalue weighted by molar-refractivity contribution is 9.10. The Hall–Kier alpha value is -0.910. The summed E-state index contributed by atoms with van der Waals surface area (Å²) in [5.74, 6) is -0.0171. The second-order valence-electron chi connectivity index (χ2n) is 3.76. The summed E-state index contributed by atoms with van der Waals surface area (Å²) < 4.78 is 10.8. The number of benzene rings is 1. The van der Waals surface area contributed by atoms with Crippen molar-refractivity contribution in [1.82, 2.24) is 4.90 Å². The standard InChI is InChI=1S/C13H18BrNO3/c1-17-9-7-15(8-10-18-2)13(16)11-5-3-4-6-12(11)14/h3-6H,7-10H2,1-2H3. The molecule has 0 aromatic heterocycles. The van der Waals surface area contributed by atoms with Gasteiger partial charge in [-0.15, -0.1) is 0 Å². The van der Waals surface area contributed by atoms with E-state index in [0.717, 1.165) is 4.47 Å². The second kappa shape index (κ2) is 8.24. The number of rotatable bonds is 7. The maximum Gasteiger partial charge on any atom is 0.255 e. The van der Waals surface area contributed by atoms with Crippen molar-refractivity contribution in [2.24, 2.45) is 0 Å². The van der Waals surface area contributed by atoms with Crippen LogP contribution in [0.4, 0.5) is 0 Å². The Balaban J connectivity index is 2.77. The summed E-state index contributed by atoms with van der Waals surface area (Å²) >= 11 is 3.39. The predicted octanol–water partition coefficient (Wildman–Crippen LogP) is 2.18. The van der Waals surface area contributed by atoms with Gasteiger partial charge in [-0.05, 0) is 28.1 Å².